The molecule has 0 heterocycles. The van der Waals surface area contributed by atoms with Crippen LogP contribution in [0.5, 0.6) is 0 Å². The Bertz CT molecular complexity index is 848. The fourth-order valence-corrected chi connectivity index (χ4v) is 10.7. The fraction of sp³-hybridized carbons (Fsp3) is 0.519. The second-order valence-corrected chi connectivity index (χ2v) is 15.4. The summed E-state index contributed by atoms with van der Waals surface area (Å²) in [5.41, 5.74) is -1.35. The molecule has 0 bridgehead atoms. The maximum atomic E-state index is 10.8. The Morgan fingerprint density at radius 3 is 1.53 bits per heavy atom. The second-order valence-electron chi connectivity index (χ2n) is 11.2. The van der Waals surface area contributed by atoms with Crippen molar-refractivity contribution in [1.82, 2.24) is 0 Å². The Labute approximate surface area is 184 Å². The molecule has 0 N–H and O–H groups in total. The minimum Gasteiger partial charge on any atom is -0.389 e. The van der Waals surface area contributed by atoms with Gasteiger partial charge in [0, 0.05) is 10.8 Å². The van der Waals surface area contributed by atoms with E-state index in [-0.39, 0.29) is 15.9 Å². The first-order valence-corrected chi connectivity index (χ1v) is 13.1. The van der Waals surface area contributed by atoms with Gasteiger partial charge < -0.3 is 4.43 Å². The summed E-state index contributed by atoms with van der Waals surface area (Å²) in [6, 6.07) is 24.1. The van der Waals surface area contributed by atoms with Crippen LogP contribution in [-0.4, -0.2) is 13.9 Å². The smallest absolute Gasteiger partial charge is 0.263 e. The summed E-state index contributed by atoms with van der Waals surface area (Å²) >= 11 is 0. The molecule has 30 heavy (non-hydrogen) atoms. The molecule has 1 aliphatic rings. The SMILES string of the molecule is CC1(C)CCCC(C)(C)C1(C#N)O[Si](c1ccccc1)(c1ccccc1)C(C)(C)C. The van der Waals surface area contributed by atoms with E-state index in [0.717, 1.165) is 19.3 Å². The summed E-state index contributed by atoms with van der Waals surface area (Å²) in [7, 11) is -2.83. The van der Waals surface area contributed by atoms with E-state index in [2.05, 4.69) is 115 Å². The van der Waals surface area contributed by atoms with Crippen molar-refractivity contribution in [1.29, 1.82) is 5.26 Å². The van der Waals surface area contributed by atoms with Gasteiger partial charge in [-0.1, -0.05) is 116 Å². The van der Waals surface area contributed by atoms with E-state index in [9.17, 15) is 5.26 Å². The second kappa shape index (κ2) is 7.66. The van der Waals surface area contributed by atoms with E-state index in [4.69, 9.17) is 4.43 Å². The van der Waals surface area contributed by atoms with Crippen LogP contribution in [0.25, 0.3) is 0 Å². The highest BCUT2D eigenvalue weighted by atomic mass is 28.4. The van der Waals surface area contributed by atoms with Gasteiger partial charge in [0.15, 0.2) is 5.60 Å². The number of benzene rings is 2. The summed E-state index contributed by atoms with van der Waals surface area (Å²) in [5, 5.41) is 13.1. The Morgan fingerprint density at radius 2 is 1.20 bits per heavy atom. The topological polar surface area (TPSA) is 33.0 Å². The lowest BCUT2D eigenvalue weighted by Crippen LogP contribution is -2.74. The van der Waals surface area contributed by atoms with Gasteiger partial charge in [-0.05, 0) is 28.3 Å². The van der Waals surface area contributed by atoms with Gasteiger partial charge in [-0.15, -0.1) is 0 Å². The molecular weight excluding hydrogens is 382 g/mol. The maximum Gasteiger partial charge on any atom is 0.263 e. The van der Waals surface area contributed by atoms with Crippen LogP contribution in [0.2, 0.25) is 5.04 Å². The summed E-state index contributed by atoms with van der Waals surface area (Å²) in [4.78, 5) is 0. The Hall–Kier alpha value is -1.89. The zero-order chi connectivity index (χ0) is 22.3. The Balaban J connectivity index is 2.37. The molecule has 2 nitrogen and oxygen atoms in total. The molecular formula is C27H37NOSi. The molecule has 0 aromatic heterocycles. The Morgan fingerprint density at radius 1 is 0.800 bits per heavy atom. The fourth-order valence-electron chi connectivity index (χ4n) is 5.72. The summed E-state index contributed by atoms with van der Waals surface area (Å²) in [6.07, 6.45) is 3.14. The zero-order valence-electron chi connectivity index (χ0n) is 19.8. The number of rotatable bonds is 4. The van der Waals surface area contributed by atoms with Crippen molar-refractivity contribution in [3.8, 4) is 6.07 Å². The summed E-state index contributed by atoms with van der Waals surface area (Å²) < 4.78 is 7.56. The van der Waals surface area contributed by atoms with Crippen molar-refractivity contribution in [2.45, 2.75) is 78.4 Å². The van der Waals surface area contributed by atoms with E-state index >= 15 is 0 Å². The molecule has 1 saturated carbocycles. The molecule has 0 unspecified atom stereocenters. The van der Waals surface area contributed by atoms with E-state index in [0.29, 0.717) is 0 Å². The maximum absolute atomic E-state index is 10.8. The van der Waals surface area contributed by atoms with Crippen LogP contribution >= 0.6 is 0 Å². The summed E-state index contributed by atoms with van der Waals surface area (Å²) in [5.74, 6) is 0. The van der Waals surface area contributed by atoms with Crippen LogP contribution in [-0.2, 0) is 4.43 Å². The van der Waals surface area contributed by atoms with Gasteiger partial charge in [-0.3, -0.25) is 0 Å². The van der Waals surface area contributed by atoms with Crippen LogP contribution in [0.15, 0.2) is 60.7 Å². The number of nitrogens with zero attached hydrogens (tertiary/aromatic N) is 1. The molecule has 3 heteroatoms. The highest BCUT2D eigenvalue weighted by Crippen LogP contribution is 2.58. The summed E-state index contributed by atoms with van der Waals surface area (Å²) in [6.45, 7) is 15.8. The first kappa shape index (κ1) is 22.8. The van der Waals surface area contributed by atoms with E-state index in [1.807, 2.05) is 0 Å². The monoisotopic (exact) mass is 419 g/mol. The lowest BCUT2D eigenvalue weighted by Gasteiger charge is -2.59. The predicted molar refractivity (Wildman–Crippen MR) is 128 cm³/mol. The minimum atomic E-state index is -2.83. The third-order valence-electron chi connectivity index (χ3n) is 7.39. The molecule has 0 spiro atoms. The lowest BCUT2D eigenvalue weighted by molar-refractivity contribution is -0.122. The normalized spacial score (nSPS) is 20.3. The van der Waals surface area contributed by atoms with Gasteiger partial charge in [-0.25, -0.2) is 0 Å². The largest absolute Gasteiger partial charge is 0.389 e. The van der Waals surface area contributed by atoms with Crippen molar-refractivity contribution >= 4 is 18.7 Å². The van der Waals surface area contributed by atoms with Gasteiger partial charge in [-0.2, -0.15) is 5.26 Å². The average molecular weight is 420 g/mol. The van der Waals surface area contributed by atoms with E-state index < -0.39 is 13.9 Å². The molecule has 0 amide bonds. The van der Waals surface area contributed by atoms with Gasteiger partial charge >= 0.3 is 0 Å². The van der Waals surface area contributed by atoms with Gasteiger partial charge in [0.05, 0.1) is 6.07 Å². The van der Waals surface area contributed by atoms with Crippen LogP contribution in [0.3, 0.4) is 0 Å². The minimum absolute atomic E-state index is 0.150. The van der Waals surface area contributed by atoms with E-state index in [1.54, 1.807) is 0 Å². The predicted octanol–water partition coefficient (Wildman–Crippen LogP) is 6.06. The molecule has 160 valence electrons. The highest BCUT2D eigenvalue weighted by Gasteiger charge is 2.64. The molecule has 0 saturated heterocycles. The van der Waals surface area contributed by atoms with E-state index in [1.165, 1.54) is 10.4 Å². The van der Waals surface area contributed by atoms with Crippen LogP contribution in [0, 0.1) is 22.2 Å². The highest BCUT2D eigenvalue weighted by molar-refractivity contribution is 6.99. The first-order chi connectivity index (χ1) is 13.9. The quantitative estimate of drug-likeness (QED) is 0.564. The number of hydrogen-bond acceptors (Lipinski definition) is 2. The molecule has 3 rings (SSSR count). The van der Waals surface area contributed by atoms with Crippen molar-refractivity contribution in [2.24, 2.45) is 10.8 Å². The molecule has 1 fully saturated rings. The van der Waals surface area contributed by atoms with Crippen molar-refractivity contribution in [2.75, 3.05) is 0 Å². The third-order valence-corrected chi connectivity index (χ3v) is 12.4. The van der Waals surface area contributed by atoms with Crippen molar-refractivity contribution in [3.63, 3.8) is 0 Å². The average Bonchev–Trinajstić information content (AvgIpc) is 2.68. The Kier molecular flexibility index (Phi) is 5.82. The number of nitriles is 1. The van der Waals surface area contributed by atoms with Gasteiger partial charge in [0.2, 0.25) is 0 Å². The van der Waals surface area contributed by atoms with Crippen molar-refractivity contribution < 1.29 is 4.43 Å². The van der Waals surface area contributed by atoms with Crippen LogP contribution in [0.4, 0.5) is 0 Å². The molecule has 0 radical (unpaired) electrons. The van der Waals surface area contributed by atoms with Crippen LogP contribution < -0.4 is 10.4 Å². The molecule has 0 aliphatic heterocycles. The van der Waals surface area contributed by atoms with Gasteiger partial charge in [0.1, 0.15) is 0 Å². The molecule has 1 aliphatic carbocycles. The standard InChI is InChI=1S/C27H37NOSi/c1-24(2,3)30(22-15-10-8-11-16-22,23-17-12-9-13-18-23)29-27(21-28)25(4,5)19-14-20-26(27,6)7/h8-13,15-18H,14,19-20H2,1-7H3. The van der Waals surface area contributed by atoms with Crippen LogP contribution in [0.1, 0.15) is 67.7 Å². The lowest BCUT2D eigenvalue weighted by atomic mass is 9.54. The van der Waals surface area contributed by atoms with Crippen molar-refractivity contribution in [3.05, 3.63) is 60.7 Å². The third kappa shape index (κ3) is 3.35. The first-order valence-electron chi connectivity index (χ1n) is 11.2. The van der Waals surface area contributed by atoms with Gasteiger partial charge in [0.25, 0.3) is 8.32 Å². The molecule has 0 atom stereocenters. The molecule has 2 aromatic rings. The zero-order valence-corrected chi connectivity index (χ0v) is 20.8. The number of hydrogen-bond donors (Lipinski definition) is 0. The molecule has 2 aromatic carbocycles.